The highest BCUT2D eigenvalue weighted by Crippen LogP contribution is 2.31. The predicted molar refractivity (Wildman–Crippen MR) is 92.9 cm³/mol. The third-order valence-corrected chi connectivity index (χ3v) is 5.69. The maximum atomic E-state index is 12.6. The van der Waals surface area contributed by atoms with Crippen LogP contribution >= 0.6 is 23.4 Å². The molecule has 1 aromatic rings. The number of rotatable bonds is 6. The molecule has 1 heterocycles. The van der Waals surface area contributed by atoms with Crippen molar-refractivity contribution in [2.75, 3.05) is 13.1 Å². The minimum absolute atomic E-state index is 0.106. The Bertz CT molecular complexity index is 567. The van der Waals surface area contributed by atoms with E-state index in [4.69, 9.17) is 16.7 Å². The van der Waals surface area contributed by atoms with Gasteiger partial charge in [0.25, 0.3) is 0 Å². The predicted octanol–water partition coefficient (Wildman–Crippen LogP) is 3.92. The summed E-state index contributed by atoms with van der Waals surface area (Å²) in [5, 5.41) is 9.26. The number of hydrogen-bond acceptors (Lipinski definition) is 3. The van der Waals surface area contributed by atoms with Gasteiger partial charge in [-0.15, -0.1) is 11.8 Å². The van der Waals surface area contributed by atoms with E-state index in [1.807, 2.05) is 36.1 Å². The van der Waals surface area contributed by atoms with Crippen LogP contribution in [0.1, 0.15) is 32.6 Å². The van der Waals surface area contributed by atoms with Crippen LogP contribution in [0.2, 0.25) is 5.02 Å². The Hall–Kier alpha value is -1.20. The Labute approximate surface area is 146 Å². The number of piperidine rings is 1. The molecular formula is C17H22ClNO3S. The number of halogens is 1. The standard InChI is InChI=1S/C17H22ClNO3S/c1-12(23-15-7-3-2-6-14(15)18)17(22)19-10-4-5-13(11-19)8-9-16(20)21/h2-3,6-7,12-13H,4-5,8-11H2,1H3,(H,20,21). The van der Waals surface area contributed by atoms with Gasteiger partial charge >= 0.3 is 5.97 Å². The second-order valence-corrected chi connectivity index (χ2v) is 7.71. The summed E-state index contributed by atoms with van der Waals surface area (Å²) in [6.07, 6.45) is 2.77. The normalized spacial score (nSPS) is 19.4. The number of likely N-dealkylation sites (tertiary alicyclic amines) is 1. The van der Waals surface area contributed by atoms with Crippen LogP contribution in [0.25, 0.3) is 0 Å². The Morgan fingerprint density at radius 2 is 2.17 bits per heavy atom. The summed E-state index contributed by atoms with van der Waals surface area (Å²) in [4.78, 5) is 26.1. The number of thioether (sulfide) groups is 1. The molecule has 0 radical (unpaired) electrons. The van der Waals surface area contributed by atoms with E-state index in [0.717, 1.165) is 24.3 Å². The zero-order valence-corrected chi connectivity index (χ0v) is 14.8. The summed E-state index contributed by atoms with van der Waals surface area (Å²) in [6.45, 7) is 3.33. The zero-order valence-electron chi connectivity index (χ0n) is 13.2. The second-order valence-electron chi connectivity index (χ2n) is 5.92. The smallest absolute Gasteiger partial charge is 0.303 e. The van der Waals surface area contributed by atoms with Crippen LogP contribution in [-0.2, 0) is 9.59 Å². The van der Waals surface area contributed by atoms with Crippen LogP contribution < -0.4 is 0 Å². The topological polar surface area (TPSA) is 57.6 Å². The molecule has 4 nitrogen and oxygen atoms in total. The van der Waals surface area contributed by atoms with E-state index in [2.05, 4.69) is 0 Å². The lowest BCUT2D eigenvalue weighted by atomic mass is 9.93. The van der Waals surface area contributed by atoms with Gasteiger partial charge in [-0.3, -0.25) is 9.59 Å². The summed E-state index contributed by atoms with van der Waals surface area (Å²) in [7, 11) is 0. The Balaban J connectivity index is 1.91. The maximum absolute atomic E-state index is 12.6. The number of hydrogen-bond donors (Lipinski definition) is 1. The highest BCUT2D eigenvalue weighted by Gasteiger charge is 2.27. The fourth-order valence-electron chi connectivity index (χ4n) is 2.87. The molecule has 0 aliphatic carbocycles. The average molecular weight is 356 g/mol. The number of nitrogens with zero attached hydrogens (tertiary/aromatic N) is 1. The minimum atomic E-state index is -0.768. The molecular weight excluding hydrogens is 334 g/mol. The van der Waals surface area contributed by atoms with Gasteiger partial charge in [0.2, 0.25) is 5.91 Å². The molecule has 2 atom stereocenters. The summed E-state index contributed by atoms with van der Waals surface area (Å²) in [5.41, 5.74) is 0. The van der Waals surface area contributed by atoms with E-state index >= 15 is 0 Å². The zero-order chi connectivity index (χ0) is 16.8. The van der Waals surface area contributed by atoms with Gasteiger partial charge in [-0.25, -0.2) is 0 Å². The van der Waals surface area contributed by atoms with E-state index in [1.165, 1.54) is 11.8 Å². The molecule has 126 valence electrons. The monoisotopic (exact) mass is 355 g/mol. The van der Waals surface area contributed by atoms with E-state index in [-0.39, 0.29) is 17.6 Å². The number of amides is 1. The fourth-order valence-corrected chi connectivity index (χ4v) is 4.10. The molecule has 0 saturated carbocycles. The van der Waals surface area contributed by atoms with E-state index in [9.17, 15) is 9.59 Å². The molecule has 2 unspecified atom stereocenters. The summed E-state index contributed by atoms with van der Waals surface area (Å²) in [6, 6.07) is 7.53. The van der Waals surface area contributed by atoms with E-state index < -0.39 is 5.97 Å². The van der Waals surface area contributed by atoms with Crippen molar-refractivity contribution in [2.45, 2.75) is 42.8 Å². The van der Waals surface area contributed by atoms with Crippen molar-refractivity contribution in [3.05, 3.63) is 29.3 Å². The lowest BCUT2D eigenvalue weighted by Crippen LogP contribution is -2.43. The Kier molecular flexibility index (Phi) is 6.78. The minimum Gasteiger partial charge on any atom is -0.481 e. The first-order valence-corrected chi connectivity index (χ1v) is 9.15. The quantitative estimate of drug-likeness (QED) is 0.785. The highest BCUT2D eigenvalue weighted by molar-refractivity contribution is 8.00. The molecule has 1 aromatic carbocycles. The fraction of sp³-hybridized carbons (Fsp3) is 0.529. The number of benzene rings is 1. The molecule has 23 heavy (non-hydrogen) atoms. The lowest BCUT2D eigenvalue weighted by Gasteiger charge is -2.34. The number of carboxylic acid groups (broad SMARTS) is 1. The molecule has 0 spiro atoms. The van der Waals surface area contributed by atoms with Crippen molar-refractivity contribution < 1.29 is 14.7 Å². The first-order valence-electron chi connectivity index (χ1n) is 7.89. The highest BCUT2D eigenvalue weighted by atomic mass is 35.5. The summed E-state index contributed by atoms with van der Waals surface area (Å²) < 4.78 is 0. The van der Waals surface area contributed by atoms with Crippen LogP contribution in [0.3, 0.4) is 0 Å². The first-order chi connectivity index (χ1) is 11.0. The van der Waals surface area contributed by atoms with Crippen LogP contribution in [0.5, 0.6) is 0 Å². The Morgan fingerprint density at radius 3 is 2.87 bits per heavy atom. The number of aliphatic carboxylic acids is 1. The molecule has 1 fully saturated rings. The first kappa shape index (κ1) is 18.1. The molecule has 6 heteroatoms. The molecule has 1 amide bonds. The van der Waals surface area contributed by atoms with Crippen LogP contribution in [-0.4, -0.2) is 40.2 Å². The van der Waals surface area contributed by atoms with E-state index in [0.29, 0.717) is 23.9 Å². The van der Waals surface area contributed by atoms with Crippen LogP contribution in [0.15, 0.2) is 29.2 Å². The second kappa shape index (κ2) is 8.60. The van der Waals surface area contributed by atoms with Gasteiger partial charge in [0.15, 0.2) is 0 Å². The van der Waals surface area contributed by atoms with Crippen molar-refractivity contribution in [1.82, 2.24) is 4.90 Å². The molecule has 1 saturated heterocycles. The van der Waals surface area contributed by atoms with E-state index in [1.54, 1.807) is 0 Å². The molecule has 0 aromatic heterocycles. The van der Waals surface area contributed by atoms with Crippen molar-refractivity contribution in [3.8, 4) is 0 Å². The van der Waals surface area contributed by atoms with Crippen molar-refractivity contribution in [3.63, 3.8) is 0 Å². The third kappa shape index (κ3) is 5.43. The van der Waals surface area contributed by atoms with Gasteiger partial charge in [0, 0.05) is 24.4 Å². The maximum Gasteiger partial charge on any atom is 0.303 e. The van der Waals surface area contributed by atoms with Gasteiger partial charge in [0.1, 0.15) is 0 Å². The number of carboxylic acids is 1. The van der Waals surface area contributed by atoms with Gasteiger partial charge in [-0.05, 0) is 44.2 Å². The molecule has 1 aliphatic heterocycles. The Morgan fingerprint density at radius 1 is 1.43 bits per heavy atom. The number of carbonyl (C=O) groups excluding carboxylic acids is 1. The average Bonchev–Trinajstić information content (AvgIpc) is 2.54. The van der Waals surface area contributed by atoms with Crippen molar-refractivity contribution >= 4 is 35.2 Å². The van der Waals surface area contributed by atoms with Crippen LogP contribution in [0.4, 0.5) is 0 Å². The third-order valence-electron chi connectivity index (χ3n) is 4.09. The summed E-state index contributed by atoms with van der Waals surface area (Å²) in [5.74, 6) is -0.368. The number of carbonyl (C=O) groups is 2. The largest absolute Gasteiger partial charge is 0.481 e. The lowest BCUT2D eigenvalue weighted by molar-refractivity contribution is -0.137. The van der Waals surface area contributed by atoms with Gasteiger partial charge in [-0.2, -0.15) is 0 Å². The SMILES string of the molecule is CC(Sc1ccccc1Cl)C(=O)N1CCCC(CCC(=O)O)C1. The summed E-state index contributed by atoms with van der Waals surface area (Å²) >= 11 is 7.63. The van der Waals surface area contributed by atoms with Gasteiger partial charge in [-0.1, -0.05) is 23.7 Å². The van der Waals surface area contributed by atoms with Gasteiger partial charge < -0.3 is 10.0 Å². The van der Waals surface area contributed by atoms with Gasteiger partial charge in [0.05, 0.1) is 10.3 Å². The van der Waals surface area contributed by atoms with Crippen LogP contribution in [0, 0.1) is 5.92 Å². The molecule has 0 bridgehead atoms. The molecule has 2 rings (SSSR count). The molecule has 1 aliphatic rings. The molecule has 1 N–H and O–H groups in total. The van der Waals surface area contributed by atoms with Crippen molar-refractivity contribution in [1.29, 1.82) is 0 Å². The van der Waals surface area contributed by atoms with Crippen molar-refractivity contribution in [2.24, 2.45) is 5.92 Å².